The molecule has 0 aliphatic carbocycles. The molecule has 3 nitrogen and oxygen atoms in total. The lowest BCUT2D eigenvalue weighted by atomic mass is 10.1. The molecule has 0 aromatic heterocycles. The molecule has 20 heavy (non-hydrogen) atoms. The van der Waals surface area contributed by atoms with Crippen LogP contribution in [0.1, 0.15) is 31.8 Å². The van der Waals surface area contributed by atoms with Gasteiger partial charge in [-0.25, -0.2) is 4.90 Å². The summed E-state index contributed by atoms with van der Waals surface area (Å²) in [4.78, 5) is 26.2. The standard InChI is InChI=1S/C16H12BrNO2/c1-9-6-7-11-12(8-9)16(20)18(15(11)19)14-5-3-4-13(17)10(14)2/h3-8H,1-2H3. The van der Waals surface area contributed by atoms with Crippen LogP contribution in [0.15, 0.2) is 40.9 Å². The van der Waals surface area contributed by atoms with E-state index in [0.717, 1.165) is 15.6 Å². The highest BCUT2D eigenvalue weighted by atomic mass is 79.9. The van der Waals surface area contributed by atoms with Crippen molar-refractivity contribution in [1.82, 2.24) is 0 Å². The number of aryl methyl sites for hydroxylation is 1. The maximum absolute atomic E-state index is 12.5. The van der Waals surface area contributed by atoms with Crippen molar-refractivity contribution in [2.75, 3.05) is 4.90 Å². The number of benzene rings is 2. The van der Waals surface area contributed by atoms with Crippen molar-refractivity contribution in [1.29, 1.82) is 0 Å². The first-order valence-electron chi connectivity index (χ1n) is 6.25. The third kappa shape index (κ3) is 1.79. The van der Waals surface area contributed by atoms with Crippen molar-refractivity contribution >= 4 is 33.4 Å². The highest BCUT2D eigenvalue weighted by molar-refractivity contribution is 9.10. The summed E-state index contributed by atoms with van der Waals surface area (Å²) >= 11 is 3.43. The number of halogens is 1. The van der Waals surface area contributed by atoms with Crippen molar-refractivity contribution in [3.8, 4) is 0 Å². The van der Waals surface area contributed by atoms with Gasteiger partial charge in [-0.15, -0.1) is 0 Å². The third-order valence-corrected chi connectivity index (χ3v) is 4.38. The molecule has 1 aliphatic heterocycles. The van der Waals surface area contributed by atoms with Gasteiger partial charge in [0.2, 0.25) is 0 Å². The van der Waals surface area contributed by atoms with E-state index in [0.29, 0.717) is 16.8 Å². The molecule has 0 unspecified atom stereocenters. The molecule has 1 heterocycles. The van der Waals surface area contributed by atoms with E-state index in [1.807, 2.05) is 32.0 Å². The molecule has 4 heteroatoms. The first-order chi connectivity index (χ1) is 9.50. The third-order valence-electron chi connectivity index (χ3n) is 3.52. The van der Waals surface area contributed by atoms with Crippen LogP contribution >= 0.6 is 15.9 Å². The Morgan fingerprint density at radius 3 is 2.40 bits per heavy atom. The number of hydrogen-bond acceptors (Lipinski definition) is 2. The number of hydrogen-bond donors (Lipinski definition) is 0. The Hall–Kier alpha value is -1.94. The van der Waals surface area contributed by atoms with E-state index in [9.17, 15) is 9.59 Å². The highest BCUT2D eigenvalue weighted by Crippen LogP contribution is 2.33. The molecule has 2 amide bonds. The molecule has 0 atom stereocenters. The van der Waals surface area contributed by atoms with Crippen molar-refractivity contribution in [3.63, 3.8) is 0 Å². The van der Waals surface area contributed by atoms with Gasteiger partial charge in [0.1, 0.15) is 0 Å². The summed E-state index contributed by atoms with van der Waals surface area (Å²) in [7, 11) is 0. The summed E-state index contributed by atoms with van der Waals surface area (Å²) in [5, 5.41) is 0. The summed E-state index contributed by atoms with van der Waals surface area (Å²) in [6, 6.07) is 10.8. The van der Waals surface area contributed by atoms with E-state index in [4.69, 9.17) is 0 Å². The van der Waals surface area contributed by atoms with Gasteiger partial charge in [-0.2, -0.15) is 0 Å². The second-order valence-corrected chi connectivity index (χ2v) is 5.73. The van der Waals surface area contributed by atoms with Crippen LogP contribution in [0, 0.1) is 13.8 Å². The molecular weight excluding hydrogens is 318 g/mol. The summed E-state index contributed by atoms with van der Waals surface area (Å²) in [5.41, 5.74) is 3.43. The van der Waals surface area contributed by atoms with Crippen LogP contribution < -0.4 is 4.90 Å². The van der Waals surface area contributed by atoms with Crippen LogP contribution in [0.5, 0.6) is 0 Å². The number of imide groups is 1. The van der Waals surface area contributed by atoms with E-state index in [1.165, 1.54) is 4.90 Å². The lowest BCUT2D eigenvalue weighted by molar-refractivity contribution is 0.0926. The number of carbonyl (C=O) groups excluding carboxylic acids is 2. The molecule has 0 radical (unpaired) electrons. The molecule has 2 aromatic rings. The average molecular weight is 330 g/mol. The second kappa shape index (κ2) is 4.56. The highest BCUT2D eigenvalue weighted by Gasteiger charge is 2.37. The molecular formula is C16H12BrNO2. The van der Waals surface area contributed by atoms with Gasteiger partial charge in [-0.05, 0) is 43.7 Å². The summed E-state index contributed by atoms with van der Waals surface area (Å²) in [5.74, 6) is -0.513. The van der Waals surface area contributed by atoms with Gasteiger partial charge in [-0.3, -0.25) is 9.59 Å². The molecule has 3 rings (SSSR count). The zero-order valence-corrected chi connectivity index (χ0v) is 12.7. The van der Waals surface area contributed by atoms with E-state index < -0.39 is 0 Å². The fourth-order valence-electron chi connectivity index (χ4n) is 2.41. The zero-order valence-electron chi connectivity index (χ0n) is 11.1. The molecule has 0 bridgehead atoms. The fraction of sp³-hybridized carbons (Fsp3) is 0.125. The van der Waals surface area contributed by atoms with Crippen LogP contribution in [0.4, 0.5) is 5.69 Å². The Morgan fingerprint density at radius 1 is 0.950 bits per heavy atom. The Balaban J connectivity index is 2.17. The minimum absolute atomic E-state index is 0.255. The van der Waals surface area contributed by atoms with Gasteiger partial charge in [-0.1, -0.05) is 33.6 Å². The minimum atomic E-state index is -0.258. The first-order valence-corrected chi connectivity index (χ1v) is 7.04. The Kier molecular flexibility index (Phi) is 2.98. The Morgan fingerprint density at radius 2 is 1.65 bits per heavy atom. The fourth-order valence-corrected chi connectivity index (χ4v) is 2.77. The molecule has 0 N–H and O–H groups in total. The minimum Gasteiger partial charge on any atom is -0.268 e. The Bertz CT molecular complexity index is 752. The van der Waals surface area contributed by atoms with Crippen LogP contribution in [0.25, 0.3) is 0 Å². The van der Waals surface area contributed by atoms with Crippen LogP contribution in [0.2, 0.25) is 0 Å². The molecule has 0 saturated heterocycles. The number of anilines is 1. The van der Waals surface area contributed by atoms with Crippen LogP contribution in [0.3, 0.4) is 0 Å². The second-order valence-electron chi connectivity index (χ2n) is 4.88. The molecule has 2 aromatic carbocycles. The normalized spacial score (nSPS) is 13.8. The van der Waals surface area contributed by atoms with Gasteiger partial charge < -0.3 is 0 Å². The van der Waals surface area contributed by atoms with Crippen molar-refractivity contribution < 1.29 is 9.59 Å². The largest absolute Gasteiger partial charge is 0.268 e. The quantitative estimate of drug-likeness (QED) is 0.745. The van der Waals surface area contributed by atoms with Crippen molar-refractivity contribution in [3.05, 3.63) is 63.1 Å². The lowest BCUT2D eigenvalue weighted by Gasteiger charge is -2.17. The number of carbonyl (C=O) groups is 2. The predicted octanol–water partition coefficient (Wildman–Crippen LogP) is 3.87. The smallest absolute Gasteiger partial charge is 0.266 e. The summed E-state index contributed by atoms with van der Waals surface area (Å²) in [6.45, 7) is 3.79. The number of nitrogens with zero attached hydrogens (tertiary/aromatic N) is 1. The van der Waals surface area contributed by atoms with E-state index in [-0.39, 0.29) is 11.8 Å². The molecule has 0 spiro atoms. The summed E-state index contributed by atoms with van der Waals surface area (Å²) < 4.78 is 0.878. The van der Waals surface area contributed by atoms with Crippen molar-refractivity contribution in [2.24, 2.45) is 0 Å². The van der Waals surface area contributed by atoms with Gasteiger partial charge in [0, 0.05) is 4.47 Å². The molecule has 0 saturated carbocycles. The van der Waals surface area contributed by atoms with E-state index >= 15 is 0 Å². The number of fused-ring (bicyclic) bond motifs is 1. The maximum Gasteiger partial charge on any atom is 0.266 e. The van der Waals surface area contributed by atoms with Gasteiger partial charge in [0.05, 0.1) is 16.8 Å². The van der Waals surface area contributed by atoms with Crippen LogP contribution in [-0.4, -0.2) is 11.8 Å². The van der Waals surface area contributed by atoms with E-state index in [2.05, 4.69) is 15.9 Å². The molecule has 100 valence electrons. The SMILES string of the molecule is Cc1ccc2c(c1)C(=O)N(c1cccc(Br)c1C)C2=O. The van der Waals surface area contributed by atoms with Gasteiger partial charge in [0.15, 0.2) is 0 Å². The topological polar surface area (TPSA) is 37.4 Å². The van der Waals surface area contributed by atoms with E-state index in [1.54, 1.807) is 18.2 Å². The maximum atomic E-state index is 12.5. The lowest BCUT2D eigenvalue weighted by Crippen LogP contribution is -2.30. The Labute approximate surface area is 125 Å². The average Bonchev–Trinajstić information content (AvgIpc) is 2.65. The number of rotatable bonds is 1. The van der Waals surface area contributed by atoms with Gasteiger partial charge in [0.25, 0.3) is 11.8 Å². The van der Waals surface area contributed by atoms with Crippen molar-refractivity contribution in [2.45, 2.75) is 13.8 Å². The molecule has 0 fully saturated rings. The van der Waals surface area contributed by atoms with Crippen LogP contribution in [-0.2, 0) is 0 Å². The molecule has 1 aliphatic rings. The predicted molar refractivity (Wildman–Crippen MR) is 81.2 cm³/mol. The monoisotopic (exact) mass is 329 g/mol. The summed E-state index contributed by atoms with van der Waals surface area (Å²) in [6.07, 6.45) is 0. The first kappa shape index (κ1) is 13.1. The van der Waals surface area contributed by atoms with Gasteiger partial charge >= 0.3 is 0 Å². The number of amides is 2. The zero-order chi connectivity index (χ0) is 14.4.